The third kappa shape index (κ3) is 5.43. The molecule has 0 saturated carbocycles. The molecule has 7 nitrogen and oxygen atoms in total. The molecule has 4 rings (SSSR count). The Labute approximate surface area is 195 Å². The number of anilines is 1. The lowest BCUT2D eigenvalue weighted by Crippen LogP contribution is -2.38. The molecular formula is C24H27N3O4S2. The van der Waals surface area contributed by atoms with Crippen molar-refractivity contribution in [3.8, 4) is 0 Å². The van der Waals surface area contributed by atoms with E-state index in [1.807, 2.05) is 18.2 Å². The highest BCUT2D eigenvalue weighted by Gasteiger charge is 2.30. The Balaban J connectivity index is 1.40. The lowest BCUT2D eigenvalue weighted by atomic mass is 9.91. The van der Waals surface area contributed by atoms with E-state index in [9.17, 15) is 16.8 Å². The van der Waals surface area contributed by atoms with Crippen molar-refractivity contribution in [1.29, 1.82) is 0 Å². The molecule has 174 valence electrons. The number of rotatable bonds is 7. The molecule has 0 atom stereocenters. The van der Waals surface area contributed by atoms with Crippen molar-refractivity contribution in [3.05, 3.63) is 84.1 Å². The number of hydrogen-bond donors (Lipinski definition) is 1. The zero-order valence-electron chi connectivity index (χ0n) is 18.4. The van der Waals surface area contributed by atoms with E-state index in [0.29, 0.717) is 24.6 Å². The Morgan fingerprint density at radius 2 is 1.58 bits per heavy atom. The van der Waals surface area contributed by atoms with Crippen LogP contribution in [0.3, 0.4) is 0 Å². The fraction of sp³-hybridized carbons (Fsp3) is 0.292. The quantitative estimate of drug-likeness (QED) is 0.549. The first-order valence-corrected chi connectivity index (χ1v) is 13.8. The Morgan fingerprint density at radius 3 is 2.21 bits per heavy atom. The minimum atomic E-state index is -3.82. The Kier molecular flexibility index (Phi) is 6.83. The molecule has 33 heavy (non-hydrogen) atoms. The first-order chi connectivity index (χ1) is 15.8. The van der Waals surface area contributed by atoms with Crippen LogP contribution in [0.25, 0.3) is 0 Å². The van der Waals surface area contributed by atoms with Gasteiger partial charge in [0.1, 0.15) is 10.7 Å². The van der Waals surface area contributed by atoms with Gasteiger partial charge >= 0.3 is 0 Å². The van der Waals surface area contributed by atoms with Crippen LogP contribution in [0.2, 0.25) is 0 Å². The Bertz CT molecular complexity index is 1300. The van der Waals surface area contributed by atoms with Gasteiger partial charge in [0.15, 0.2) is 0 Å². The number of piperidine rings is 1. The number of hydrogen-bond acceptors (Lipinski definition) is 5. The molecule has 0 aliphatic carbocycles. The van der Waals surface area contributed by atoms with Gasteiger partial charge in [0, 0.05) is 19.3 Å². The summed E-state index contributed by atoms with van der Waals surface area (Å²) in [6.45, 7) is 2.63. The summed E-state index contributed by atoms with van der Waals surface area (Å²) in [6, 6.07) is 19.6. The van der Waals surface area contributed by atoms with Crippen LogP contribution in [0.5, 0.6) is 0 Å². The van der Waals surface area contributed by atoms with Crippen molar-refractivity contribution in [3.63, 3.8) is 0 Å². The second-order valence-corrected chi connectivity index (χ2v) is 11.9. The molecule has 0 radical (unpaired) electrons. The van der Waals surface area contributed by atoms with Crippen LogP contribution in [-0.2, 0) is 26.5 Å². The molecule has 0 amide bonds. The highest BCUT2D eigenvalue weighted by atomic mass is 32.2. The first-order valence-electron chi connectivity index (χ1n) is 10.8. The smallest absolute Gasteiger partial charge is 0.263 e. The maximum absolute atomic E-state index is 13.1. The highest BCUT2D eigenvalue weighted by Crippen LogP contribution is 2.26. The van der Waals surface area contributed by atoms with E-state index in [-0.39, 0.29) is 15.6 Å². The van der Waals surface area contributed by atoms with Crippen molar-refractivity contribution in [2.24, 2.45) is 5.92 Å². The third-order valence-corrected chi connectivity index (χ3v) is 9.33. The maximum atomic E-state index is 13.1. The molecule has 1 aliphatic rings. The monoisotopic (exact) mass is 485 g/mol. The molecule has 2 heterocycles. The first kappa shape index (κ1) is 23.4. The minimum absolute atomic E-state index is 0.0582. The summed E-state index contributed by atoms with van der Waals surface area (Å²) in [6.07, 6.45) is 3.76. The lowest BCUT2D eigenvalue weighted by molar-refractivity contribution is 0.273. The van der Waals surface area contributed by atoms with Gasteiger partial charge < -0.3 is 0 Å². The molecule has 1 aromatic heterocycles. The normalized spacial score (nSPS) is 15.9. The number of sulfonamides is 2. The van der Waals surface area contributed by atoms with E-state index in [1.165, 1.54) is 34.3 Å². The third-order valence-electron chi connectivity index (χ3n) is 5.94. The molecule has 0 bridgehead atoms. The van der Waals surface area contributed by atoms with Gasteiger partial charge in [-0.1, -0.05) is 48.5 Å². The van der Waals surface area contributed by atoms with Crippen molar-refractivity contribution >= 4 is 25.9 Å². The maximum Gasteiger partial charge on any atom is 0.263 e. The van der Waals surface area contributed by atoms with Gasteiger partial charge in [0.05, 0.1) is 4.90 Å². The van der Waals surface area contributed by atoms with E-state index < -0.39 is 20.0 Å². The van der Waals surface area contributed by atoms with Gasteiger partial charge in [0.25, 0.3) is 10.0 Å². The molecular weight excluding hydrogens is 458 g/mol. The summed E-state index contributed by atoms with van der Waals surface area (Å²) in [5, 5.41) is 0. The summed E-state index contributed by atoms with van der Waals surface area (Å²) < 4.78 is 55.3. The second-order valence-electron chi connectivity index (χ2n) is 8.29. The fourth-order valence-corrected chi connectivity index (χ4v) is 6.77. The number of nitrogens with one attached hydrogen (secondary N) is 1. The minimum Gasteiger partial charge on any atom is -0.263 e. The van der Waals surface area contributed by atoms with Crippen molar-refractivity contribution in [2.45, 2.75) is 36.0 Å². The number of benzene rings is 2. The molecule has 9 heteroatoms. The summed E-state index contributed by atoms with van der Waals surface area (Å²) in [4.78, 5) is 4.27. The lowest BCUT2D eigenvalue weighted by Gasteiger charge is -2.31. The van der Waals surface area contributed by atoms with E-state index in [4.69, 9.17) is 0 Å². The predicted molar refractivity (Wildman–Crippen MR) is 128 cm³/mol. The largest absolute Gasteiger partial charge is 0.263 e. The molecule has 2 aromatic carbocycles. The molecule has 0 unspecified atom stereocenters. The Morgan fingerprint density at radius 1 is 0.909 bits per heavy atom. The van der Waals surface area contributed by atoms with E-state index in [2.05, 4.69) is 21.8 Å². The van der Waals surface area contributed by atoms with Gasteiger partial charge in [-0.25, -0.2) is 21.8 Å². The molecule has 1 N–H and O–H groups in total. The summed E-state index contributed by atoms with van der Waals surface area (Å²) >= 11 is 0. The van der Waals surface area contributed by atoms with E-state index in [0.717, 1.165) is 19.3 Å². The van der Waals surface area contributed by atoms with Crippen LogP contribution in [0.1, 0.15) is 24.0 Å². The number of aryl methyl sites for hydroxylation is 1. The van der Waals surface area contributed by atoms with Crippen molar-refractivity contribution in [2.75, 3.05) is 17.8 Å². The second kappa shape index (κ2) is 9.62. The Hall–Kier alpha value is -2.75. The van der Waals surface area contributed by atoms with Crippen LogP contribution in [0.15, 0.2) is 82.7 Å². The topological polar surface area (TPSA) is 96.4 Å². The van der Waals surface area contributed by atoms with Gasteiger partial charge in [-0.05, 0) is 61.4 Å². The number of aromatic nitrogens is 1. The molecule has 0 spiro atoms. The average Bonchev–Trinajstić information content (AvgIpc) is 2.80. The van der Waals surface area contributed by atoms with E-state index in [1.54, 1.807) is 25.1 Å². The molecule has 3 aromatic rings. The highest BCUT2D eigenvalue weighted by molar-refractivity contribution is 7.92. The van der Waals surface area contributed by atoms with Crippen LogP contribution < -0.4 is 4.72 Å². The zero-order chi connectivity index (χ0) is 23.5. The van der Waals surface area contributed by atoms with Crippen molar-refractivity contribution < 1.29 is 16.8 Å². The summed E-state index contributed by atoms with van der Waals surface area (Å²) in [5.41, 5.74) is 1.88. The standard InChI is InChI=1S/C24H27N3O4S2/c1-19-7-5-6-10-23(19)32(28,29)26-24-12-11-22(18-25-24)33(30,31)27-15-13-21(14-16-27)17-20-8-3-2-4-9-20/h2-12,18,21H,13-17H2,1H3,(H,25,26). The predicted octanol–water partition coefficient (Wildman–Crippen LogP) is 3.83. The fourth-order valence-electron chi connectivity index (χ4n) is 4.09. The van der Waals surface area contributed by atoms with Crippen LogP contribution in [0.4, 0.5) is 5.82 Å². The SMILES string of the molecule is Cc1ccccc1S(=O)(=O)Nc1ccc(S(=O)(=O)N2CCC(Cc3ccccc3)CC2)cn1. The number of pyridine rings is 1. The molecule has 1 aliphatic heterocycles. The van der Waals surface area contributed by atoms with Gasteiger partial charge in [-0.15, -0.1) is 0 Å². The van der Waals surface area contributed by atoms with Crippen molar-refractivity contribution in [1.82, 2.24) is 9.29 Å². The zero-order valence-corrected chi connectivity index (χ0v) is 20.0. The van der Waals surface area contributed by atoms with Crippen LogP contribution in [0, 0.1) is 12.8 Å². The van der Waals surface area contributed by atoms with Gasteiger partial charge in [-0.2, -0.15) is 4.31 Å². The summed E-state index contributed by atoms with van der Waals surface area (Å²) in [7, 11) is -7.50. The van der Waals surface area contributed by atoms with Crippen LogP contribution in [-0.4, -0.2) is 39.2 Å². The van der Waals surface area contributed by atoms with Crippen LogP contribution >= 0.6 is 0 Å². The summed E-state index contributed by atoms with van der Waals surface area (Å²) in [5.74, 6) is 0.522. The molecule has 1 fully saturated rings. The number of nitrogens with zero attached hydrogens (tertiary/aromatic N) is 2. The average molecular weight is 486 g/mol. The van der Waals surface area contributed by atoms with Gasteiger partial charge in [-0.3, -0.25) is 4.72 Å². The van der Waals surface area contributed by atoms with Gasteiger partial charge in [0.2, 0.25) is 10.0 Å². The van der Waals surface area contributed by atoms with E-state index >= 15 is 0 Å². The molecule has 1 saturated heterocycles.